The quantitative estimate of drug-likeness (QED) is 0.253. The van der Waals surface area contributed by atoms with E-state index in [1.165, 1.54) is 19.2 Å². The predicted octanol–water partition coefficient (Wildman–Crippen LogP) is 6.22. The number of nitrogens with zero attached hydrogens (tertiary/aromatic N) is 5. The van der Waals surface area contributed by atoms with Crippen LogP contribution in [0.25, 0.3) is 55.7 Å². The van der Waals surface area contributed by atoms with E-state index in [-0.39, 0.29) is 13.0 Å². The van der Waals surface area contributed by atoms with Gasteiger partial charge < -0.3 is 9.72 Å². The molecule has 1 aliphatic rings. The van der Waals surface area contributed by atoms with Gasteiger partial charge in [0.1, 0.15) is 22.9 Å². The van der Waals surface area contributed by atoms with E-state index in [4.69, 9.17) is 4.74 Å². The fourth-order valence-corrected chi connectivity index (χ4v) is 5.44. The van der Waals surface area contributed by atoms with Crippen molar-refractivity contribution in [1.82, 2.24) is 35.0 Å². The molecule has 206 valence electrons. The Bertz CT molecular complexity index is 1920. The van der Waals surface area contributed by atoms with Crippen molar-refractivity contribution < 1.29 is 17.9 Å². The zero-order valence-corrected chi connectivity index (χ0v) is 22.0. The molecule has 1 fully saturated rings. The third-order valence-electron chi connectivity index (χ3n) is 7.40. The third-order valence-corrected chi connectivity index (χ3v) is 7.40. The maximum atomic E-state index is 14.3. The van der Waals surface area contributed by atoms with Crippen molar-refractivity contribution >= 4 is 22.1 Å². The monoisotopic (exact) mass is 555 g/mol. The highest BCUT2D eigenvalue weighted by Crippen LogP contribution is 2.35. The molecule has 0 bridgehead atoms. The summed E-state index contributed by atoms with van der Waals surface area (Å²) in [4.78, 5) is 18.5. The molecule has 2 N–H and O–H groups in total. The summed E-state index contributed by atoms with van der Waals surface area (Å²) in [6.07, 6.45) is 6.72. The highest BCUT2D eigenvalue weighted by molar-refractivity contribution is 5.99. The Hall–Kier alpha value is -4.77. The molecule has 6 aromatic rings. The number of halogens is 3. The van der Waals surface area contributed by atoms with E-state index in [0.717, 1.165) is 38.7 Å². The van der Waals surface area contributed by atoms with Crippen molar-refractivity contribution in [3.8, 4) is 39.4 Å². The number of methoxy groups -OCH3 is 1. The molecule has 1 aliphatic heterocycles. The van der Waals surface area contributed by atoms with Crippen LogP contribution < -0.4 is 4.74 Å². The first-order valence-corrected chi connectivity index (χ1v) is 13.1. The van der Waals surface area contributed by atoms with Crippen LogP contribution in [0.2, 0.25) is 0 Å². The van der Waals surface area contributed by atoms with Crippen LogP contribution in [0.1, 0.15) is 12.0 Å². The molecule has 7 rings (SSSR count). The van der Waals surface area contributed by atoms with E-state index in [0.29, 0.717) is 41.4 Å². The first-order valence-electron chi connectivity index (χ1n) is 13.1. The lowest BCUT2D eigenvalue weighted by molar-refractivity contribution is 0.0115. The molecule has 41 heavy (non-hydrogen) atoms. The number of aromatic amines is 2. The Morgan fingerprint density at radius 1 is 0.951 bits per heavy atom. The van der Waals surface area contributed by atoms with Crippen molar-refractivity contribution in [1.29, 1.82) is 0 Å². The average Bonchev–Trinajstić information content (AvgIpc) is 3.68. The summed E-state index contributed by atoms with van der Waals surface area (Å²) >= 11 is 0. The Labute approximate surface area is 232 Å². The summed E-state index contributed by atoms with van der Waals surface area (Å²) in [6.45, 7) is 0.526. The molecule has 0 spiro atoms. The Kier molecular flexibility index (Phi) is 5.97. The minimum Gasteiger partial charge on any atom is -0.497 e. The first kappa shape index (κ1) is 25.2. The van der Waals surface area contributed by atoms with Crippen LogP contribution in [-0.4, -0.2) is 61.2 Å². The second-order valence-corrected chi connectivity index (χ2v) is 10.3. The van der Waals surface area contributed by atoms with E-state index < -0.39 is 11.7 Å². The van der Waals surface area contributed by atoms with Crippen LogP contribution in [0.4, 0.5) is 13.2 Å². The fourth-order valence-electron chi connectivity index (χ4n) is 5.44. The van der Waals surface area contributed by atoms with Crippen LogP contribution in [0.3, 0.4) is 0 Å². The van der Waals surface area contributed by atoms with Crippen molar-refractivity contribution in [3.05, 3.63) is 78.6 Å². The van der Waals surface area contributed by atoms with Gasteiger partial charge >= 0.3 is 0 Å². The normalized spacial score (nSPS) is 15.2. The van der Waals surface area contributed by atoms with E-state index in [1.54, 1.807) is 35.8 Å². The molecule has 8 nitrogen and oxygen atoms in total. The summed E-state index contributed by atoms with van der Waals surface area (Å²) in [6, 6.07) is 12.3. The first-order chi connectivity index (χ1) is 19.8. The number of rotatable bonds is 6. The Balaban J connectivity index is 1.25. The summed E-state index contributed by atoms with van der Waals surface area (Å²) in [5.74, 6) is -2.61. The topological polar surface area (TPSA) is 95.6 Å². The van der Waals surface area contributed by atoms with Gasteiger partial charge in [-0.1, -0.05) is 0 Å². The largest absolute Gasteiger partial charge is 0.497 e. The third kappa shape index (κ3) is 4.78. The highest BCUT2D eigenvalue weighted by atomic mass is 19.3. The SMILES string of the molecule is COc1cc(F)cc(-c2ccnc3[nH]c(-c4n[nH]c5ncc(-c6cncc(CN7CCC(F)(F)C7)c6)cc45)cc23)c1. The summed E-state index contributed by atoms with van der Waals surface area (Å²) in [5.41, 5.74) is 6.58. The lowest BCUT2D eigenvalue weighted by Gasteiger charge is -2.15. The highest BCUT2D eigenvalue weighted by Gasteiger charge is 2.37. The van der Waals surface area contributed by atoms with Crippen LogP contribution in [0, 0.1) is 5.82 Å². The molecule has 1 saturated heterocycles. The van der Waals surface area contributed by atoms with Gasteiger partial charge in [-0.15, -0.1) is 0 Å². The second kappa shape index (κ2) is 9.70. The lowest BCUT2D eigenvalue weighted by Crippen LogP contribution is -2.24. The zero-order valence-electron chi connectivity index (χ0n) is 22.0. The molecule has 5 aromatic heterocycles. The van der Waals surface area contributed by atoms with Gasteiger partial charge in [0.15, 0.2) is 5.65 Å². The molecule has 1 aromatic carbocycles. The van der Waals surface area contributed by atoms with Crippen molar-refractivity contribution in [2.75, 3.05) is 20.2 Å². The van der Waals surface area contributed by atoms with E-state index in [9.17, 15) is 13.2 Å². The fraction of sp³-hybridized carbons (Fsp3) is 0.200. The molecule has 0 aliphatic carbocycles. The molecule has 11 heteroatoms. The van der Waals surface area contributed by atoms with Crippen LogP contribution >= 0.6 is 0 Å². The number of likely N-dealkylation sites (tertiary alicyclic amines) is 1. The van der Waals surface area contributed by atoms with Crippen molar-refractivity contribution in [2.24, 2.45) is 0 Å². The predicted molar refractivity (Wildman–Crippen MR) is 149 cm³/mol. The van der Waals surface area contributed by atoms with Gasteiger partial charge in [0, 0.05) is 72.3 Å². The number of hydrogen-bond donors (Lipinski definition) is 2. The number of benzene rings is 1. The van der Waals surface area contributed by atoms with Gasteiger partial charge in [-0.2, -0.15) is 5.10 Å². The molecule has 6 heterocycles. The number of alkyl halides is 2. The molecule has 0 atom stereocenters. The summed E-state index contributed by atoms with van der Waals surface area (Å²) in [5, 5.41) is 9.09. The number of nitrogens with one attached hydrogen (secondary N) is 2. The number of ether oxygens (including phenoxy) is 1. The van der Waals surface area contributed by atoms with Crippen molar-refractivity contribution in [2.45, 2.75) is 18.9 Å². The Morgan fingerprint density at radius 3 is 2.66 bits per heavy atom. The van der Waals surface area contributed by atoms with Crippen LogP contribution in [0.5, 0.6) is 5.75 Å². The molecule has 0 amide bonds. The molecule has 0 unspecified atom stereocenters. The van der Waals surface area contributed by atoms with Gasteiger partial charge in [-0.05, 0) is 53.1 Å². The standard InChI is InChI=1S/C30H24F3N7O/c1-41-22-8-18(7-21(31)10-22)23-2-4-35-28-24(23)11-26(37-28)27-25-9-20(14-36-29(25)39-38-27)19-6-17(12-34-13-19)15-40-5-3-30(32,33)16-40/h2,4,6-14H,3,5,15-16H2,1H3,(H,35,37)(H,36,38,39). The Morgan fingerprint density at radius 2 is 1.83 bits per heavy atom. The van der Waals surface area contributed by atoms with Gasteiger partial charge in [0.25, 0.3) is 5.92 Å². The van der Waals surface area contributed by atoms with Crippen molar-refractivity contribution in [3.63, 3.8) is 0 Å². The molecular formula is C30H24F3N7O. The van der Waals surface area contributed by atoms with Gasteiger partial charge in [0.2, 0.25) is 0 Å². The number of hydrogen-bond acceptors (Lipinski definition) is 6. The molecular weight excluding hydrogens is 531 g/mol. The average molecular weight is 556 g/mol. The van der Waals surface area contributed by atoms with E-state index >= 15 is 0 Å². The van der Waals surface area contributed by atoms with E-state index in [1.807, 2.05) is 24.3 Å². The maximum Gasteiger partial charge on any atom is 0.261 e. The summed E-state index contributed by atoms with van der Waals surface area (Å²) < 4.78 is 46.9. The van der Waals surface area contributed by atoms with Gasteiger partial charge in [-0.3, -0.25) is 15.0 Å². The lowest BCUT2D eigenvalue weighted by atomic mass is 10.0. The second-order valence-electron chi connectivity index (χ2n) is 10.3. The number of aromatic nitrogens is 6. The molecule has 0 radical (unpaired) electrons. The van der Waals surface area contributed by atoms with Crippen LogP contribution in [-0.2, 0) is 6.54 Å². The number of fused-ring (bicyclic) bond motifs is 2. The zero-order chi connectivity index (χ0) is 28.1. The minimum atomic E-state index is -2.64. The van der Waals surface area contributed by atoms with E-state index in [2.05, 4.69) is 30.1 Å². The molecule has 0 saturated carbocycles. The van der Waals surface area contributed by atoms with Gasteiger partial charge in [0.05, 0.1) is 19.3 Å². The number of pyridine rings is 3. The number of H-pyrrole nitrogens is 2. The maximum absolute atomic E-state index is 14.3. The summed E-state index contributed by atoms with van der Waals surface area (Å²) in [7, 11) is 1.50. The van der Waals surface area contributed by atoms with Gasteiger partial charge in [-0.25, -0.2) is 23.1 Å². The van der Waals surface area contributed by atoms with Crippen LogP contribution in [0.15, 0.2) is 67.3 Å². The minimum absolute atomic E-state index is 0.120. The smallest absolute Gasteiger partial charge is 0.261 e.